The lowest BCUT2D eigenvalue weighted by Crippen LogP contribution is -2.39. The molecule has 0 saturated carbocycles. The third-order valence-corrected chi connectivity index (χ3v) is 6.57. The second-order valence-corrected chi connectivity index (χ2v) is 9.58. The van der Waals surface area contributed by atoms with Crippen LogP contribution in [0.5, 0.6) is 0 Å². The van der Waals surface area contributed by atoms with Crippen LogP contribution in [-0.4, -0.2) is 32.7 Å². The standard InChI is InChI=1S/C27H29ClF2N4O2/c1-5-18-14-32-25(34-9-6-7-21(26(34)28)27(3,4)35)13-24(18)33-10-8-20(11-17(33)2)36-16-23-22(30)12-19(29)15-31-23/h6-9,11-15,26,35H,5,10,16H2,1-4H3. The highest BCUT2D eigenvalue weighted by Gasteiger charge is 2.32. The largest absolute Gasteiger partial charge is 0.487 e. The minimum absolute atomic E-state index is 0.0440. The first-order chi connectivity index (χ1) is 17.1. The number of anilines is 2. The Kier molecular flexibility index (Phi) is 7.47. The van der Waals surface area contributed by atoms with E-state index in [1.54, 1.807) is 13.8 Å². The number of alkyl halides is 1. The van der Waals surface area contributed by atoms with Gasteiger partial charge in [-0.3, -0.25) is 4.98 Å². The number of halogens is 3. The van der Waals surface area contributed by atoms with Gasteiger partial charge in [-0.15, -0.1) is 0 Å². The topological polar surface area (TPSA) is 61.7 Å². The Bertz CT molecular complexity index is 1270. The van der Waals surface area contributed by atoms with Gasteiger partial charge in [0.15, 0.2) is 5.82 Å². The number of nitrogens with zero attached hydrogens (tertiary/aromatic N) is 4. The zero-order valence-corrected chi connectivity index (χ0v) is 21.4. The molecule has 6 nitrogen and oxygen atoms in total. The van der Waals surface area contributed by atoms with Gasteiger partial charge in [-0.25, -0.2) is 13.8 Å². The van der Waals surface area contributed by atoms with Gasteiger partial charge in [0.2, 0.25) is 0 Å². The summed E-state index contributed by atoms with van der Waals surface area (Å²) in [6.45, 7) is 7.88. The Morgan fingerprint density at radius 1 is 1.22 bits per heavy atom. The first-order valence-electron chi connectivity index (χ1n) is 11.7. The Labute approximate surface area is 214 Å². The van der Waals surface area contributed by atoms with E-state index >= 15 is 0 Å². The average molecular weight is 515 g/mol. The Hall–Kier alpha value is -3.23. The van der Waals surface area contributed by atoms with Crippen molar-refractivity contribution in [3.8, 4) is 0 Å². The monoisotopic (exact) mass is 514 g/mol. The van der Waals surface area contributed by atoms with Gasteiger partial charge in [0.05, 0.1) is 11.8 Å². The lowest BCUT2D eigenvalue weighted by molar-refractivity contribution is 0.116. The molecule has 2 aliphatic rings. The second kappa shape index (κ2) is 10.4. The number of rotatable bonds is 7. The van der Waals surface area contributed by atoms with Crippen LogP contribution in [0, 0.1) is 11.6 Å². The van der Waals surface area contributed by atoms with E-state index in [9.17, 15) is 13.9 Å². The molecule has 0 fully saturated rings. The van der Waals surface area contributed by atoms with Gasteiger partial charge < -0.3 is 19.6 Å². The van der Waals surface area contributed by atoms with Gasteiger partial charge in [-0.1, -0.05) is 24.6 Å². The maximum atomic E-state index is 13.9. The van der Waals surface area contributed by atoms with Crippen molar-refractivity contribution in [1.29, 1.82) is 0 Å². The SMILES string of the molecule is CCc1cnc(N2C=CC=C(C(C)(C)O)C2Cl)cc1N1CC=C(OCc2ncc(F)cc2F)C=C1C. The van der Waals surface area contributed by atoms with Crippen LogP contribution in [0.4, 0.5) is 20.3 Å². The molecule has 0 radical (unpaired) electrons. The van der Waals surface area contributed by atoms with Crippen molar-refractivity contribution in [3.05, 3.63) is 95.0 Å². The third-order valence-electron chi connectivity index (χ3n) is 6.12. The summed E-state index contributed by atoms with van der Waals surface area (Å²) in [5.41, 5.74) is 2.05. The van der Waals surface area contributed by atoms with Gasteiger partial charge in [0, 0.05) is 42.5 Å². The quantitative estimate of drug-likeness (QED) is 0.375. The average Bonchev–Trinajstić information content (AvgIpc) is 2.82. The lowest BCUT2D eigenvalue weighted by atomic mass is 9.95. The van der Waals surface area contributed by atoms with E-state index < -0.39 is 22.7 Å². The van der Waals surface area contributed by atoms with Crippen LogP contribution in [0.3, 0.4) is 0 Å². The van der Waals surface area contributed by atoms with Crippen molar-refractivity contribution in [2.45, 2.75) is 51.8 Å². The number of aromatic nitrogens is 2. The maximum absolute atomic E-state index is 13.9. The van der Waals surface area contributed by atoms with Gasteiger partial charge in [-0.05, 0) is 56.6 Å². The molecule has 1 atom stereocenters. The smallest absolute Gasteiger partial charge is 0.151 e. The summed E-state index contributed by atoms with van der Waals surface area (Å²) in [6.07, 6.45) is 12.9. The van der Waals surface area contributed by atoms with E-state index in [-0.39, 0.29) is 12.3 Å². The van der Waals surface area contributed by atoms with Crippen molar-refractivity contribution < 1.29 is 18.6 Å². The lowest BCUT2D eigenvalue weighted by Gasteiger charge is -2.36. The second-order valence-electron chi connectivity index (χ2n) is 9.16. The number of aliphatic hydroxyl groups is 1. The van der Waals surface area contributed by atoms with E-state index in [1.807, 2.05) is 54.6 Å². The van der Waals surface area contributed by atoms with Crippen molar-refractivity contribution >= 4 is 23.1 Å². The highest BCUT2D eigenvalue weighted by atomic mass is 35.5. The third kappa shape index (κ3) is 5.44. The molecule has 0 amide bonds. The van der Waals surface area contributed by atoms with Crippen LogP contribution in [0.2, 0.25) is 0 Å². The van der Waals surface area contributed by atoms with E-state index in [2.05, 4.69) is 21.8 Å². The van der Waals surface area contributed by atoms with Crippen LogP contribution in [0.15, 0.2) is 72.1 Å². The molecule has 2 aliphatic heterocycles. The Morgan fingerprint density at radius 2 is 2.00 bits per heavy atom. The molecule has 190 valence electrons. The van der Waals surface area contributed by atoms with Crippen LogP contribution < -0.4 is 9.80 Å². The summed E-state index contributed by atoms with van der Waals surface area (Å²) < 4.78 is 32.7. The molecule has 0 bridgehead atoms. The molecule has 4 heterocycles. The fourth-order valence-corrected chi connectivity index (χ4v) is 4.62. The van der Waals surface area contributed by atoms with Crippen LogP contribution >= 0.6 is 11.6 Å². The Balaban J connectivity index is 1.54. The molecule has 0 aliphatic carbocycles. The van der Waals surface area contributed by atoms with Gasteiger partial charge >= 0.3 is 0 Å². The molecule has 0 saturated heterocycles. The fourth-order valence-electron chi connectivity index (χ4n) is 4.12. The summed E-state index contributed by atoms with van der Waals surface area (Å²) >= 11 is 6.74. The van der Waals surface area contributed by atoms with E-state index in [1.165, 1.54) is 0 Å². The highest BCUT2D eigenvalue weighted by Crippen LogP contribution is 2.35. The molecule has 4 rings (SSSR count). The van der Waals surface area contributed by atoms with Gasteiger partial charge in [-0.2, -0.15) is 0 Å². The van der Waals surface area contributed by atoms with E-state index in [0.29, 0.717) is 23.7 Å². The molecule has 0 spiro atoms. The molecule has 1 N–H and O–H groups in total. The van der Waals surface area contributed by atoms with Crippen LogP contribution in [0.25, 0.3) is 0 Å². The number of aryl methyl sites for hydroxylation is 1. The van der Waals surface area contributed by atoms with Gasteiger partial charge in [0.25, 0.3) is 0 Å². The number of hydrogen-bond acceptors (Lipinski definition) is 6. The Morgan fingerprint density at radius 3 is 2.67 bits per heavy atom. The van der Waals surface area contributed by atoms with Crippen molar-refractivity contribution in [2.75, 3.05) is 16.3 Å². The number of ether oxygens (including phenoxy) is 1. The number of allylic oxidation sites excluding steroid dienone is 4. The normalized spacial score (nSPS) is 18.1. The number of pyridine rings is 2. The van der Waals surface area contributed by atoms with Gasteiger partial charge in [0.1, 0.15) is 35.2 Å². The molecule has 36 heavy (non-hydrogen) atoms. The summed E-state index contributed by atoms with van der Waals surface area (Å²) in [4.78, 5) is 12.4. The molecule has 1 unspecified atom stereocenters. The predicted molar refractivity (Wildman–Crippen MR) is 137 cm³/mol. The van der Waals surface area contributed by atoms with Crippen LogP contribution in [-0.2, 0) is 17.8 Å². The maximum Gasteiger partial charge on any atom is 0.151 e. The molecular weight excluding hydrogens is 486 g/mol. The van der Waals surface area contributed by atoms with Crippen molar-refractivity contribution in [3.63, 3.8) is 0 Å². The molecular formula is C27H29ClF2N4O2. The predicted octanol–water partition coefficient (Wildman–Crippen LogP) is 5.74. The number of hydrogen-bond donors (Lipinski definition) is 1. The zero-order valence-electron chi connectivity index (χ0n) is 20.7. The molecule has 2 aromatic rings. The minimum atomic E-state index is -1.07. The molecule has 0 aromatic carbocycles. The first kappa shape index (κ1) is 25.9. The summed E-state index contributed by atoms with van der Waals surface area (Å²) in [5, 5.41) is 10.5. The highest BCUT2D eigenvalue weighted by molar-refractivity contribution is 6.24. The summed E-state index contributed by atoms with van der Waals surface area (Å²) in [6, 6.07) is 2.78. The van der Waals surface area contributed by atoms with E-state index in [4.69, 9.17) is 16.3 Å². The van der Waals surface area contributed by atoms with Crippen molar-refractivity contribution in [2.24, 2.45) is 0 Å². The van der Waals surface area contributed by atoms with E-state index in [0.717, 1.165) is 35.6 Å². The summed E-state index contributed by atoms with van der Waals surface area (Å²) in [5.74, 6) is -0.222. The molecule has 2 aromatic heterocycles. The first-order valence-corrected chi connectivity index (χ1v) is 12.1. The van der Waals surface area contributed by atoms with Crippen molar-refractivity contribution in [1.82, 2.24) is 9.97 Å². The fraction of sp³-hybridized carbons (Fsp3) is 0.333. The summed E-state index contributed by atoms with van der Waals surface area (Å²) in [7, 11) is 0. The van der Waals surface area contributed by atoms with Crippen LogP contribution in [0.1, 0.15) is 39.0 Å². The minimum Gasteiger partial charge on any atom is -0.487 e. The zero-order chi connectivity index (χ0) is 26.0. The molecule has 9 heteroatoms.